The van der Waals surface area contributed by atoms with Gasteiger partial charge in [0.2, 0.25) is 0 Å². The van der Waals surface area contributed by atoms with Gasteiger partial charge in [-0.2, -0.15) is 18.4 Å². The van der Waals surface area contributed by atoms with Crippen LogP contribution < -0.4 is 0 Å². The van der Waals surface area contributed by atoms with E-state index in [1.807, 2.05) is 0 Å². The van der Waals surface area contributed by atoms with Gasteiger partial charge in [-0.1, -0.05) is 0 Å². The van der Waals surface area contributed by atoms with E-state index in [1.165, 1.54) is 31.3 Å². The van der Waals surface area contributed by atoms with Gasteiger partial charge in [0.15, 0.2) is 5.65 Å². The molecule has 11 heteroatoms. The SMILES string of the molecule is Cc1c(CC(=O)O)c2cccnc2n1S(=O)(=O)c1ccc(C#N)c(C(F)(F)F)c1. The van der Waals surface area contributed by atoms with Crippen LogP contribution in [0, 0.1) is 18.3 Å². The molecule has 0 aliphatic rings. The average molecular weight is 423 g/mol. The van der Waals surface area contributed by atoms with Crippen LogP contribution in [0.4, 0.5) is 13.2 Å². The highest BCUT2D eigenvalue weighted by molar-refractivity contribution is 7.90. The standard InChI is InChI=1S/C18H12F3N3O4S/c1-10-14(8-16(25)26)13-3-2-6-23-17(13)24(10)29(27,28)12-5-4-11(9-22)15(7-12)18(19,20)21/h2-7H,8H2,1H3,(H,25,26). The highest BCUT2D eigenvalue weighted by Gasteiger charge is 2.36. The zero-order chi connectivity index (χ0) is 21.6. The second kappa shape index (κ2) is 6.89. The van der Waals surface area contributed by atoms with E-state index in [9.17, 15) is 26.4 Å². The summed E-state index contributed by atoms with van der Waals surface area (Å²) in [4.78, 5) is 14.5. The molecule has 29 heavy (non-hydrogen) atoms. The van der Waals surface area contributed by atoms with Gasteiger partial charge in [-0.05, 0) is 42.8 Å². The Hall–Kier alpha value is -3.39. The number of pyridine rings is 1. The maximum Gasteiger partial charge on any atom is 0.417 e. The molecule has 150 valence electrons. The minimum atomic E-state index is -4.93. The minimum absolute atomic E-state index is 0.0269. The number of hydrogen-bond donors (Lipinski definition) is 1. The number of benzene rings is 1. The van der Waals surface area contributed by atoms with Crippen molar-refractivity contribution in [3.8, 4) is 6.07 Å². The van der Waals surface area contributed by atoms with Crippen LogP contribution in [0.2, 0.25) is 0 Å². The van der Waals surface area contributed by atoms with Gasteiger partial charge in [-0.3, -0.25) is 4.79 Å². The fraction of sp³-hybridized carbons (Fsp3) is 0.167. The lowest BCUT2D eigenvalue weighted by atomic mass is 10.1. The highest BCUT2D eigenvalue weighted by atomic mass is 32.2. The van der Waals surface area contributed by atoms with Crippen LogP contribution in [-0.2, 0) is 27.4 Å². The number of hydrogen-bond acceptors (Lipinski definition) is 5. The van der Waals surface area contributed by atoms with Crippen molar-refractivity contribution in [3.05, 3.63) is 58.9 Å². The van der Waals surface area contributed by atoms with Crippen molar-refractivity contribution >= 4 is 27.0 Å². The first-order chi connectivity index (χ1) is 13.5. The molecule has 3 rings (SSSR count). The Kier molecular flexibility index (Phi) is 4.84. The number of aromatic nitrogens is 2. The third-order valence-electron chi connectivity index (χ3n) is 4.33. The van der Waals surface area contributed by atoms with Crippen molar-refractivity contribution in [1.29, 1.82) is 5.26 Å². The number of carbonyl (C=O) groups is 1. The molecule has 0 radical (unpaired) electrons. The van der Waals surface area contributed by atoms with Gasteiger partial charge >= 0.3 is 12.1 Å². The van der Waals surface area contributed by atoms with E-state index in [4.69, 9.17) is 10.4 Å². The van der Waals surface area contributed by atoms with E-state index in [1.54, 1.807) is 0 Å². The Morgan fingerprint density at radius 2 is 2.00 bits per heavy atom. The summed E-state index contributed by atoms with van der Waals surface area (Å²) >= 11 is 0. The van der Waals surface area contributed by atoms with Crippen LogP contribution in [-0.4, -0.2) is 28.5 Å². The quantitative estimate of drug-likeness (QED) is 0.690. The molecule has 0 spiro atoms. The molecule has 0 aliphatic heterocycles. The largest absolute Gasteiger partial charge is 0.481 e. The molecule has 0 bridgehead atoms. The molecular weight excluding hydrogens is 411 g/mol. The number of halogens is 3. The molecule has 1 aromatic carbocycles. The third kappa shape index (κ3) is 3.42. The first kappa shape index (κ1) is 20.3. The molecule has 2 heterocycles. The smallest absolute Gasteiger partial charge is 0.417 e. The number of nitrogens with zero attached hydrogens (tertiary/aromatic N) is 3. The van der Waals surface area contributed by atoms with Crippen molar-refractivity contribution in [2.45, 2.75) is 24.4 Å². The van der Waals surface area contributed by atoms with E-state index >= 15 is 0 Å². The lowest BCUT2D eigenvalue weighted by Crippen LogP contribution is -2.17. The number of rotatable bonds is 4. The summed E-state index contributed by atoms with van der Waals surface area (Å²) in [6.07, 6.45) is -4.13. The van der Waals surface area contributed by atoms with Crippen LogP contribution in [0.15, 0.2) is 41.4 Å². The molecule has 0 amide bonds. The second-order valence-electron chi connectivity index (χ2n) is 6.10. The van der Waals surface area contributed by atoms with Crippen molar-refractivity contribution < 1.29 is 31.5 Å². The number of carboxylic acids is 1. The molecular formula is C18H12F3N3O4S. The zero-order valence-electron chi connectivity index (χ0n) is 14.7. The van der Waals surface area contributed by atoms with E-state index in [0.717, 1.165) is 16.1 Å². The molecule has 0 atom stereocenters. The molecule has 1 N–H and O–H groups in total. The topological polar surface area (TPSA) is 113 Å². The van der Waals surface area contributed by atoms with Crippen molar-refractivity contribution in [2.24, 2.45) is 0 Å². The summed E-state index contributed by atoms with van der Waals surface area (Å²) in [6, 6.07) is 6.43. The molecule has 3 aromatic rings. The Morgan fingerprint density at radius 3 is 2.59 bits per heavy atom. The van der Waals surface area contributed by atoms with E-state index in [0.29, 0.717) is 6.07 Å². The summed E-state index contributed by atoms with van der Waals surface area (Å²) in [5.41, 5.74) is -1.98. The van der Waals surface area contributed by atoms with E-state index < -0.39 is 44.6 Å². The molecule has 7 nitrogen and oxygen atoms in total. The van der Waals surface area contributed by atoms with Crippen LogP contribution in [0.5, 0.6) is 0 Å². The average Bonchev–Trinajstić information content (AvgIpc) is 2.92. The Morgan fingerprint density at radius 1 is 1.31 bits per heavy atom. The first-order valence-electron chi connectivity index (χ1n) is 8.02. The fourth-order valence-electron chi connectivity index (χ4n) is 3.06. The van der Waals surface area contributed by atoms with E-state index in [-0.39, 0.29) is 22.3 Å². The van der Waals surface area contributed by atoms with Crippen LogP contribution in [0.25, 0.3) is 11.0 Å². The second-order valence-corrected chi connectivity index (χ2v) is 7.88. The molecule has 0 unspecified atom stereocenters. The minimum Gasteiger partial charge on any atom is -0.481 e. The monoisotopic (exact) mass is 423 g/mol. The fourth-order valence-corrected chi connectivity index (χ4v) is 4.62. The summed E-state index contributed by atoms with van der Waals surface area (Å²) in [5, 5.41) is 18.3. The normalized spacial score (nSPS) is 12.1. The lowest BCUT2D eigenvalue weighted by Gasteiger charge is -2.13. The van der Waals surface area contributed by atoms with Crippen molar-refractivity contribution in [3.63, 3.8) is 0 Å². The molecule has 0 aliphatic carbocycles. The number of carboxylic acid groups (broad SMARTS) is 1. The van der Waals surface area contributed by atoms with Crippen LogP contribution >= 0.6 is 0 Å². The van der Waals surface area contributed by atoms with Gasteiger partial charge < -0.3 is 5.11 Å². The van der Waals surface area contributed by atoms with Crippen LogP contribution in [0.1, 0.15) is 22.4 Å². The first-order valence-corrected chi connectivity index (χ1v) is 9.46. The van der Waals surface area contributed by atoms with Gasteiger partial charge in [0.1, 0.15) is 0 Å². The van der Waals surface area contributed by atoms with Gasteiger partial charge in [-0.15, -0.1) is 0 Å². The number of fused-ring (bicyclic) bond motifs is 1. The summed E-state index contributed by atoms with van der Waals surface area (Å²) in [7, 11) is -4.57. The number of nitriles is 1. The molecule has 0 saturated heterocycles. The number of aliphatic carboxylic acids is 1. The van der Waals surface area contributed by atoms with Gasteiger partial charge in [0, 0.05) is 17.3 Å². The van der Waals surface area contributed by atoms with Crippen molar-refractivity contribution in [1.82, 2.24) is 8.96 Å². The maximum absolute atomic E-state index is 13.3. The Bertz CT molecular complexity index is 1290. The van der Waals surface area contributed by atoms with E-state index in [2.05, 4.69) is 4.98 Å². The summed E-state index contributed by atoms with van der Waals surface area (Å²) < 4.78 is 66.8. The zero-order valence-corrected chi connectivity index (χ0v) is 15.5. The summed E-state index contributed by atoms with van der Waals surface area (Å²) in [5.74, 6) is -1.20. The van der Waals surface area contributed by atoms with Gasteiger partial charge in [-0.25, -0.2) is 17.4 Å². The lowest BCUT2D eigenvalue weighted by molar-refractivity contribution is -0.138. The summed E-state index contributed by atoms with van der Waals surface area (Å²) in [6.45, 7) is 1.35. The highest BCUT2D eigenvalue weighted by Crippen LogP contribution is 2.35. The Labute approximate surface area is 162 Å². The van der Waals surface area contributed by atoms with Crippen molar-refractivity contribution in [2.75, 3.05) is 0 Å². The Balaban J connectivity index is 2.32. The van der Waals surface area contributed by atoms with Gasteiger partial charge in [0.25, 0.3) is 10.0 Å². The number of alkyl halides is 3. The van der Waals surface area contributed by atoms with Crippen LogP contribution in [0.3, 0.4) is 0 Å². The third-order valence-corrected chi connectivity index (χ3v) is 6.11. The van der Waals surface area contributed by atoms with Gasteiger partial charge in [0.05, 0.1) is 28.5 Å². The predicted molar refractivity (Wildman–Crippen MR) is 94.6 cm³/mol. The maximum atomic E-state index is 13.3. The predicted octanol–water partition coefficient (Wildman–Crippen LogP) is 3.10. The molecule has 0 fully saturated rings. The molecule has 2 aromatic heterocycles. The molecule has 0 saturated carbocycles.